The van der Waals surface area contributed by atoms with Crippen molar-refractivity contribution >= 4 is 17.2 Å². The summed E-state index contributed by atoms with van der Waals surface area (Å²) in [4.78, 5) is 21.6. The van der Waals surface area contributed by atoms with E-state index < -0.39 is 6.10 Å². The van der Waals surface area contributed by atoms with E-state index in [0.717, 1.165) is 28.7 Å². The zero-order chi connectivity index (χ0) is 16.1. The Kier molecular flexibility index (Phi) is 6.31. The van der Waals surface area contributed by atoms with Gasteiger partial charge >= 0.3 is 0 Å². The Labute approximate surface area is 135 Å². The molecule has 0 saturated carbocycles. The summed E-state index contributed by atoms with van der Waals surface area (Å²) in [5, 5.41) is 10.8. The molecule has 0 unspecified atom stereocenters. The highest BCUT2D eigenvalue weighted by atomic mass is 32.1. The Morgan fingerprint density at radius 1 is 1.36 bits per heavy atom. The second kappa shape index (κ2) is 8.01. The molecule has 1 saturated heterocycles. The molecule has 0 aromatic carbocycles. The van der Waals surface area contributed by atoms with Crippen LogP contribution in [0.3, 0.4) is 0 Å². The topological polar surface area (TPSA) is 65.9 Å². The molecule has 1 aromatic rings. The third kappa shape index (κ3) is 4.49. The van der Waals surface area contributed by atoms with Crippen LogP contribution in [0.2, 0.25) is 0 Å². The van der Waals surface area contributed by atoms with E-state index in [0.29, 0.717) is 32.8 Å². The summed E-state index contributed by atoms with van der Waals surface area (Å²) in [5.74, 6) is 0.0811. The summed E-state index contributed by atoms with van der Waals surface area (Å²) in [6.07, 6.45) is -0.464. The van der Waals surface area contributed by atoms with E-state index >= 15 is 0 Å². The number of aliphatic hydroxyl groups is 1. The molecule has 7 heteroatoms. The van der Waals surface area contributed by atoms with Crippen molar-refractivity contribution in [2.24, 2.45) is 0 Å². The van der Waals surface area contributed by atoms with Gasteiger partial charge in [-0.15, -0.1) is 11.3 Å². The maximum atomic E-state index is 12.5. The van der Waals surface area contributed by atoms with Gasteiger partial charge in [0.05, 0.1) is 23.4 Å². The summed E-state index contributed by atoms with van der Waals surface area (Å²) in [6.45, 7) is 10.3. The molecule has 1 aliphatic rings. The van der Waals surface area contributed by atoms with Crippen LogP contribution in [-0.4, -0.2) is 77.8 Å². The first-order chi connectivity index (χ1) is 10.5. The number of aryl methyl sites for hydroxylation is 2. The van der Waals surface area contributed by atoms with Crippen LogP contribution < -0.4 is 0 Å². The maximum absolute atomic E-state index is 12.5. The van der Waals surface area contributed by atoms with Gasteiger partial charge in [0.2, 0.25) is 0 Å². The molecule has 1 amide bonds. The van der Waals surface area contributed by atoms with Crippen LogP contribution in [0, 0.1) is 13.8 Å². The Morgan fingerprint density at radius 3 is 2.59 bits per heavy atom. The first-order valence-corrected chi connectivity index (χ1v) is 8.54. The highest BCUT2D eigenvalue weighted by Crippen LogP contribution is 2.20. The molecule has 0 aliphatic carbocycles. The highest BCUT2D eigenvalue weighted by Gasteiger charge is 2.25. The van der Waals surface area contributed by atoms with E-state index in [1.54, 1.807) is 0 Å². The van der Waals surface area contributed by atoms with Crippen LogP contribution in [0.15, 0.2) is 0 Å². The molecule has 1 N–H and O–H groups in total. The Bertz CT molecular complexity index is 498. The average Bonchev–Trinajstić information content (AvgIpc) is 2.84. The summed E-state index contributed by atoms with van der Waals surface area (Å²) in [6, 6.07) is 0. The van der Waals surface area contributed by atoms with Gasteiger partial charge in [-0.25, -0.2) is 4.98 Å². The number of aliphatic hydroxyl groups excluding tert-OH is 1. The largest absolute Gasteiger partial charge is 0.389 e. The molecule has 0 radical (unpaired) electrons. The fraction of sp³-hybridized carbons (Fsp3) is 0.733. The minimum absolute atomic E-state index is 0.0811. The predicted molar refractivity (Wildman–Crippen MR) is 86.4 cm³/mol. The molecule has 1 fully saturated rings. The molecule has 1 aromatic heterocycles. The van der Waals surface area contributed by atoms with Crippen LogP contribution in [0.5, 0.6) is 0 Å². The van der Waals surface area contributed by atoms with Gasteiger partial charge in [0.25, 0.3) is 5.91 Å². The van der Waals surface area contributed by atoms with Crippen LogP contribution in [0.4, 0.5) is 0 Å². The first-order valence-electron chi connectivity index (χ1n) is 7.72. The van der Waals surface area contributed by atoms with Crippen molar-refractivity contribution < 1.29 is 14.6 Å². The minimum atomic E-state index is -0.464. The molecule has 0 bridgehead atoms. The first kappa shape index (κ1) is 17.3. The number of amides is 1. The molecule has 22 heavy (non-hydrogen) atoms. The van der Waals surface area contributed by atoms with E-state index in [9.17, 15) is 9.90 Å². The van der Waals surface area contributed by atoms with Crippen molar-refractivity contribution in [3.05, 3.63) is 15.6 Å². The highest BCUT2D eigenvalue weighted by molar-refractivity contribution is 7.13. The number of carbonyl (C=O) groups excluding carboxylic acids is 1. The maximum Gasteiger partial charge on any atom is 0.265 e. The van der Waals surface area contributed by atoms with Gasteiger partial charge in [-0.1, -0.05) is 0 Å². The number of rotatable bonds is 6. The number of aromatic nitrogens is 1. The SMILES string of the molecule is CCOC[C@H](O)CN1CCN(C(=O)c2sc(C)nc2C)CC1. The molecule has 2 heterocycles. The number of nitrogens with zero attached hydrogens (tertiary/aromatic N) is 3. The Morgan fingerprint density at radius 2 is 2.05 bits per heavy atom. The van der Waals surface area contributed by atoms with Gasteiger partial charge in [-0.2, -0.15) is 0 Å². The second-order valence-electron chi connectivity index (χ2n) is 5.55. The number of ether oxygens (including phenoxy) is 1. The normalized spacial score (nSPS) is 17.7. The third-order valence-electron chi connectivity index (χ3n) is 3.74. The molecule has 6 nitrogen and oxygen atoms in total. The fourth-order valence-corrected chi connectivity index (χ4v) is 3.50. The average molecular weight is 327 g/mol. The minimum Gasteiger partial charge on any atom is -0.389 e. The lowest BCUT2D eigenvalue weighted by Gasteiger charge is -2.35. The van der Waals surface area contributed by atoms with Crippen LogP contribution >= 0.6 is 11.3 Å². The summed E-state index contributed by atoms with van der Waals surface area (Å²) in [7, 11) is 0. The Balaban J connectivity index is 1.82. The van der Waals surface area contributed by atoms with Gasteiger partial charge in [0.1, 0.15) is 4.88 Å². The van der Waals surface area contributed by atoms with Gasteiger partial charge in [0, 0.05) is 39.3 Å². The van der Waals surface area contributed by atoms with Crippen molar-refractivity contribution in [3.63, 3.8) is 0 Å². The van der Waals surface area contributed by atoms with E-state index in [4.69, 9.17) is 4.74 Å². The van der Waals surface area contributed by atoms with Crippen LogP contribution in [0.25, 0.3) is 0 Å². The predicted octanol–water partition coefficient (Wildman–Crippen LogP) is 0.915. The molecular weight excluding hydrogens is 302 g/mol. The third-order valence-corrected chi connectivity index (χ3v) is 4.80. The smallest absolute Gasteiger partial charge is 0.265 e. The molecular formula is C15H25N3O3S. The molecule has 1 aliphatic heterocycles. The lowest BCUT2D eigenvalue weighted by molar-refractivity contribution is 0.0112. The zero-order valence-corrected chi connectivity index (χ0v) is 14.4. The zero-order valence-electron chi connectivity index (χ0n) is 13.5. The van der Waals surface area contributed by atoms with Crippen LogP contribution in [-0.2, 0) is 4.74 Å². The standard InChI is InChI=1S/C15H25N3O3S/c1-4-21-10-13(19)9-17-5-7-18(8-6-17)15(20)14-11(2)16-12(3)22-14/h13,19H,4-10H2,1-3H3/t13-/m1/s1. The van der Waals surface area contributed by atoms with Gasteiger partial charge in [-0.3, -0.25) is 9.69 Å². The van der Waals surface area contributed by atoms with Crippen molar-refractivity contribution in [2.75, 3.05) is 45.9 Å². The van der Waals surface area contributed by atoms with Gasteiger partial charge < -0.3 is 14.7 Å². The summed E-state index contributed by atoms with van der Waals surface area (Å²) in [5.41, 5.74) is 0.821. The quantitative estimate of drug-likeness (QED) is 0.841. The van der Waals surface area contributed by atoms with Crippen molar-refractivity contribution in [1.29, 1.82) is 0 Å². The monoisotopic (exact) mass is 327 g/mol. The van der Waals surface area contributed by atoms with Gasteiger partial charge in [-0.05, 0) is 20.8 Å². The van der Waals surface area contributed by atoms with Crippen molar-refractivity contribution in [3.8, 4) is 0 Å². The van der Waals surface area contributed by atoms with E-state index in [1.165, 1.54) is 11.3 Å². The lowest BCUT2D eigenvalue weighted by atomic mass is 10.2. The fourth-order valence-electron chi connectivity index (χ4n) is 2.61. The number of hydrogen-bond acceptors (Lipinski definition) is 6. The van der Waals surface area contributed by atoms with Crippen LogP contribution in [0.1, 0.15) is 27.3 Å². The second-order valence-corrected chi connectivity index (χ2v) is 6.76. The Hall–Kier alpha value is -1.02. The van der Waals surface area contributed by atoms with Crippen molar-refractivity contribution in [1.82, 2.24) is 14.8 Å². The molecule has 124 valence electrons. The van der Waals surface area contributed by atoms with E-state index in [1.807, 2.05) is 25.7 Å². The number of piperazine rings is 1. The van der Waals surface area contributed by atoms with Crippen molar-refractivity contribution in [2.45, 2.75) is 26.9 Å². The molecule has 2 rings (SSSR count). The molecule has 0 spiro atoms. The number of carbonyl (C=O) groups is 1. The van der Waals surface area contributed by atoms with E-state index in [2.05, 4.69) is 9.88 Å². The number of β-amino-alcohol motifs (C(OH)–C–C–N with tert-alkyl or cyclic N) is 1. The number of thiazole rings is 1. The summed E-state index contributed by atoms with van der Waals surface area (Å²) >= 11 is 1.46. The number of hydrogen-bond donors (Lipinski definition) is 1. The van der Waals surface area contributed by atoms with E-state index in [-0.39, 0.29) is 5.91 Å². The van der Waals surface area contributed by atoms with Gasteiger partial charge in [0.15, 0.2) is 0 Å². The summed E-state index contributed by atoms with van der Waals surface area (Å²) < 4.78 is 5.22. The molecule has 1 atom stereocenters. The lowest BCUT2D eigenvalue weighted by Crippen LogP contribution is -2.50.